The Bertz CT molecular complexity index is 525. The van der Waals surface area contributed by atoms with Crippen molar-refractivity contribution in [3.05, 3.63) is 57.5 Å². The molecule has 1 rings (SSSR count). The van der Waals surface area contributed by atoms with E-state index in [2.05, 4.69) is 0 Å². The van der Waals surface area contributed by atoms with Crippen molar-refractivity contribution in [3.63, 3.8) is 0 Å². The molecule has 0 aliphatic rings. The zero-order valence-corrected chi connectivity index (χ0v) is 11.9. The Kier molecular flexibility index (Phi) is 5.71. The number of rotatable bonds is 6. The third-order valence-electron chi connectivity index (χ3n) is 2.82. The van der Waals surface area contributed by atoms with Crippen molar-refractivity contribution in [1.82, 2.24) is 0 Å². The van der Waals surface area contributed by atoms with E-state index in [1.165, 1.54) is 12.1 Å². The number of aryl methyl sites for hydroxylation is 1. The largest absolute Gasteiger partial charge is 0.710 e. The summed E-state index contributed by atoms with van der Waals surface area (Å²) in [5.41, 5.74) is 0.232. The van der Waals surface area contributed by atoms with Gasteiger partial charge in [-0.25, -0.2) is 4.73 Å². The molecule has 1 aromatic heterocycles. The standard InChI is InChI=1S/C14H19N3O3/c1-4-6-8-15(9-7-5-2)14-11-13(17(19)20)10-12(3)16(14)18/h4-7,10-11H,8-9H2,1-3H3/b6-4+,7-5+. The molecule has 0 radical (unpaired) electrons. The molecule has 0 saturated carbocycles. The minimum absolute atomic E-state index is 0.0736. The fraction of sp³-hybridized carbons (Fsp3) is 0.357. The van der Waals surface area contributed by atoms with Gasteiger partial charge >= 0.3 is 0 Å². The second kappa shape index (κ2) is 7.28. The molecule has 0 amide bonds. The Morgan fingerprint density at radius 1 is 1.25 bits per heavy atom. The van der Waals surface area contributed by atoms with Crippen LogP contribution >= 0.6 is 0 Å². The lowest BCUT2D eigenvalue weighted by Gasteiger charge is -2.19. The Balaban J connectivity index is 3.25. The minimum Gasteiger partial charge on any atom is -0.710 e. The highest BCUT2D eigenvalue weighted by molar-refractivity contribution is 5.45. The van der Waals surface area contributed by atoms with E-state index in [0.29, 0.717) is 18.8 Å². The lowest BCUT2D eigenvalue weighted by Crippen LogP contribution is -2.40. The number of hydrogen-bond acceptors (Lipinski definition) is 4. The van der Waals surface area contributed by atoms with E-state index in [1.54, 1.807) is 11.8 Å². The van der Waals surface area contributed by atoms with Gasteiger partial charge in [-0.15, -0.1) is 0 Å². The normalized spacial score (nSPS) is 11.3. The van der Waals surface area contributed by atoms with Crippen LogP contribution in [-0.2, 0) is 0 Å². The predicted octanol–water partition coefficient (Wildman–Crippen LogP) is 2.50. The van der Waals surface area contributed by atoms with Crippen LogP contribution in [0.5, 0.6) is 0 Å². The summed E-state index contributed by atoms with van der Waals surface area (Å²) >= 11 is 0. The van der Waals surface area contributed by atoms with Gasteiger partial charge in [0.25, 0.3) is 11.5 Å². The molecular weight excluding hydrogens is 258 g/mol. The van der Waals surface area contributed by atoms with Gasteiger partial charge < -0.3 is 5.21 Å². The lowest BCUT2D eigenvalue weighted by atomic mass is 10.3. The molecule has 0 fully saturated rings. The molecule has 108 valence electrons. The van der Waals surface area contributed by atoms with Crippen LogP contribution in [0.3, 0.4) is 0 Å². The van der Waals surface area contributed by atoms with Crippen LogP contribution in [-0.4, -0.2) is 18.0 Å². The molecule has 0 atom stereocenters. The molecule has 6 heteroatoms. The molecule has 0 N–H and O–H groups in total. The topological polar surface area (TPSA) is 73.3 Å². The maximum atomic E-state index is 12.1. The van der Waals surface area contributed by atoms with Crippen molar-refractivity contribution in [3.8, 4) is 0 Å². The monoisotopic (exact) mass is 277 g/mol. The highest BCUT2D eigenvalue weighted by Gasteiger charge is 2.21. The molecule has 6 nitrogen and oxygen atoms in total. The van der Waals surface area contributed by atoms with Crippen LogP contribution in [0.25, 0.3) is 0 Å². The summed E-state index contributed by atoms with van der Waals surface area (Å²) in [5, 5.41) is 23.0. The molecule has 0 aromatic carbocycles. The van der Waals surface area contributed by atoms with E-state index in [9.17, 15) is 15.3 Å². The van der Waals surface area contributed by atoms with Crippen molar-refractivity contribution in [1.29, 1.82) is 0 Å². The number of allylic oxidation sites excluding steroid dienone is 2. The number of nitrogens with zero attached hydrogens (tertiary/aromatic N) is 3. The average molecular weight is 277 g/mol. The smallest absolute Gasteiger partial charge is 0.287 e. The molecule has 0 unspecified atom stereocenters. The van der Waals surface area contributed by atoms with Gasteiger partial charge in [0.1, 0.15) is 24.8 Å². The van der Waals surface area contributed by atoms with Crippen molar-refractivity contribution in [2.75, 3.05) is 18.0 Å². The van der Waals surface area contributed by atoms with Gasteiger partial charge in [0.2, 0.25) is 0 Å². The molecular formula is C14H19N3O3. The fourth-order valence-electron chi connectivity index (χ4n) is 1.74. The van der Waals surface area contributed by atoms with Crippen molar-refractivity contribution >= 4 is 11.5 Å². The van der Waals surface area contributed by atoms with Gasteiger partial charge in [-0.2, -0.15) is 0 Å². The third-order valence-corrected chi connectivity index (χ3v) is 2.82. The minimum atomic E-state index is -0.486. The van der Waals surface area contributed by atoms with E-state index in [-0.39, 0.29) is 11.5 Å². The number of hydrogen-bond donors (Lipinski definition) is 0. The van der Waals surface area contributed by atoms with Crippen LogP contribution < -0.4 is 9.63 Å². The number of nitro groups is 1. The number of aromatic nitrogens is 1. The summed E-state index contributed by atoms with van der Waals surface area (Å²) in [6.45, 7) is 6.37. The first-order valence-electron chi connectivity index (χ1n) is 6.37. The Hall–Kier alpha value is -2.37. The molecule has 1 heterocycles. The second-order valence-electron chi connectivity index (χ2n) is 4.31. The van der Waals surface area contributed by atoms with E-state index in [0.717, 1.165) is 4.73 Å². The number of anilines is 1. The summed E-state index contributed by atoms with van der Waals surface area (Å²) in [5.74, 6) is 0.285. The van der Waals surface area contributed by atoms with E-state index in [4.69, 9.17) is 0 Å². The Morgan fingerprint density at radius 3 is 2.25 bits per heavy atom. The maximum Gasteiger partial charge on any atom is 0.287 e. The Labute approximate surface area is 118 Å². The van der Waals surface area contributed by atoms with Gasteiger partial charge in [0.05, 0.1) is 11.0 Å². The molecule has 0 bridgehead atoms. The third kappa shape index (κ3) is 3.81. The first kappa shape index (κ1) is 15.7. The summed E-state index contributed by atoms with van der Waals surface area (Å²) in [7, 11) is 0. The van der Waals surface area contributed by atoms with E-state index in [1.807, 2.05) is 38.2 Å². The highest BCUT2D eigenvalue weighted by Crippen LogP contribution is 2.19. The van der Waals surface area contributed by atoms with Crippen LogP contribution in [0.15, 0.2) is 36.4 Å². The average Bonchev–Trinajstić information content (AvgIpc) is 2.42. The second-order valence-corrected chi connectivity index (χ2v) is 4.31. The van der Waals surface area contributed by atoms with Gasteiger partial charge in [-0.3, -0.25) is 15.0 Å². The van der Waals surface area contributed by atoms with Gasteiger partial charge in [0.15, 0.2) is 0 Å². The number of pyridine rings is 1. The fourth-order valence-corrected chi connectivity index (χ4v) is 1.74. The predicted molar refractivity (Wildman–Crippen MR) is 78.6 cm³/mol. The quantitative estimate of drug-likeness (QED) is 0.263. The van der Waals surface area contributed by atoms with E-state index >= 15 is 0 Å². The van der Waals surface area contributed by atoms with Crippen molar-refractivity contribution in [2.45, 2.75) is 20.8 Å². The van der Waals surface area contributed by atoms with Gasteiger partial charge in [-0.05, 0) is 32.9 Å². The summed E-state index contributed by atoms with van der Waals surface area (Å²) in [6.07, 6.45) is 7.55. The van der Waals surface area contributed by atoms with Crippen molar-refractivity contribution < 1.29 is 9.65 Å². The Morgan fingerprint density at radius 2 is 1.80 bits per heavy atom. The van der Waals surface area contributed by atoms with Crippen LogP contribution in [0.2, 0.25) is 0 Å². The summed E-state index contributed by atoms with van der Waals surface area (Å²) in [4.78, 5) is 12.2. The molecule has 0 saturated heterocycles. The molecule has 0 aliphatic carbocycles. The molecule has 1 aromatic rings. The first-order chi connectivity index (χ1) is 9.51. The van der Waals surface area contributed by atoms with Crippen LogP contribution in [0, 0.1) is 22.2 Å². The SMILES string of the molecule is C/C=C/CN(C/C=C/C)c1cc([N+](=O)[O-])cc(C)[n+]1[O-]. The summed E-state index contributed by atoms with van der Waals surface area (Å²) < 4.78 is 0.722. The zero-order chi connectivity index (χ0) is 15.1. The van der Waals surface area contributed by atoms with Gasteiger partial charge in [-0.1, -0.05) is 12.2 Å². The summed E-state index contributed by atoms with van der Waals surface area (Å²) in [6, 6.07) is 2.59. The van der Waals surface area contributed by atoms with Crippen LogP contribution in [0.4, 0.5) is 11.5 Å². The van der Waals surface area contributed by atoms with Gasteiger partial charge in [0, 0.05) is 0 Å². The molecule has 0 spiro atoms. The van der Waals surface area contributed by atoms with Crippen molar-refractivity contribution in [2.24, 2.45) is 0 Å². The molecule has 0 aliphatic heterocycles. The first-order valence-corrected chi connectivity index (χ1v) is 6.37. The molecule has 20 heavy (non-hydrogen) atoms. The van der Waals surface area contributed by atoms with E-state index < -0.39 is 4.92 Å². The highest BCUT2D eigenvalue weighted by atomic mass is 16.6. The lowest BCUT2D eigenvalue weighted by molar-refractivity contribution is -0.599. The maximum absolute atomic E-state index is 12.1. The zero-order valence-electron chi connectivity index (χ0n) is 11.9. The van der Waals surface area contributed by atoms with Crippen LogP contribution in [0.1, 0.15) is 19.5 Å².